The molecule has 0 heterocycles. The molecule has 1 aromatic carbocycles. The third-order valence-corrected chi connectivity index (χ3v) is 3.04. The predicted molar refractivity (Wildman–Crippen MR) is 73.9 cm³/mol. The van der Waals surface area contributed by atoms with E-state index < -0.39 is 0 Å². The van der Waals surface area contributed by atoms with Crippen LogP contribution in [-0.2, 0) is 4.79 Å². The number of benzene rings is 1. The molecule has 0 aliphatic heterocycles. The number of aryl methyl sites for hydroxylation is 1. The van der Waals surface area contributed by atoms with Crippen molar-refractivity contribution >= 4 is 11.6 Å². The zero-order valence-electron chi connectivity index (χ0n) is 11.5. The Bertz CT molecular complexity index is 430. The Morgan fingerprint density at radius 3 is 2.67 bits per heavy atom. The van der Waals surface area contributed by atoms with Gasteiger partial charge in [-0.15, -0.1) is 0 Å². The molecular formula is C14H22N2O2. The number of carbonyl (C=O) groups excluding carboxylic acids is 1. The summed E-state index contributed by atoms with van der Waals surface area (Å²) < 4.78 is 0. The monoisotopic (exact) mass is 250 g/mol. The van der Waals surface area contributed by atoms with Gasteiger partial charge in [0.15, 0.2) is 0 Å². The van der Waals surface area contributed by atoms with Crippen molar-refractivity contribution in [2.75, 3.05) is 18.4 Å². The van der Waals surface area contributed by atoms with Crippen molar-refractivity contribution < 1.29 is 9.90 Å². The summed E-state index contributed by atoms with van der Waals surface area (Å²) in [7, 11) is 0. The fraction of sp³-hybridized carbons (Fsp3) is 0.500. The lowest BCUT2D eigenvalue weighted by Crippen LogP contribution is -2.30. The Morgan fingerprint density at radius 2 is 2.06 bits per heavy atom. The van der Waals surface area contributed by atoms with Gasteiger partial charge >= 0.3 is 0 Å². The van der Waals surface area contributed by atoms with Gasteiger partial charge in [-0.2, -0.15) is 0 Å². The van der Waals surface area contributed by atoms with E-state index in [1.807, 2.05) is 26.8 Å². The molecule has 18 heavy (non-hydrogen) atoms. The molecule has 0 saturated carbocycles. The van der Waals surface area contributed by atoms with Crippen LogP contribution in [0.25, 0.3) is 0 Å². The minimum Gasteiger partial charge on any atom is -0.507 e. The predicted octanol–water partition coefficient (Wildman–Crippen LogP) is 2.19. The summed E-state index contributed by atoms with van der Waals surface area (Å²) in [6.45, 7) is 9.02. The maximum absolute atomic E-state index is 11.9. The summed E-state index contributed by atoms with van der Waals surface area (Å²) in [5, 5.41) is 15.8. The summed E-state index contributed by atoms with van der Waals surface area (Å²) in [4.78, 5) is 11.9. The van der Waals surface area contributed by atoms with Gasteiger partial charge in [-0.3, -0.25) is 4.79 Å². The van der Waals surface area contributed by atoms with Gasteiger partial charge in [0.25, 0.3) is 0 Å². The summed E-state index contributed by atoms with van der Waals surface area (Å²) in [6, 6.07) is 3.62. The molecule has 0 spiro atoms. The van der Waals surface area contributed by atoms with E-state index in [0.29, 0.717) is 17.8 Å². The first-order chi connectivity index (χ1) is 8.47. The lowest BCUT2D eigenvalue weighted by Gasteiger charge is -2.15. The van der Waals surface area contributed by atoms with E-state index in [4.69, 9.17) is 0 Å². The fourth-order valence-corrected chi connectivity index (χ4v) is 1.68. The van der Waals surface area contributed by atoms with Gasteiger partial charge in [-0.1, -0.05) is 19.9 Å². The number of carbonyl (C=O) groups is 1. The van der Waals surface area contributed by atoms with Crippen LogP contribution >= 0.6 is 0 Å². The molecule has 1 atom stereocenters. The molecule has 0 fully saturated rings. The molecule has 0 saturated heterocycles. The van der Waals surface area contributed by atoms with Crippen molar-refractivity contribution in [1.29, 1.82) is 0 Å². The number of phenolic OH excluding ortho intramolecular Hbond substituents is 1. The van der Waals surface area contributed by atoms with Crippen LogP contribution in [0.4, 0.5) is 5.69 Å². The van der Waals surface area contributed by atoms with Crippen LogP contribution in [0.1, 0.15) is 25.0 Å². The van der Waals surface area contributed by atoms with Gasteiger partial charge in [0.05, 0.1) is 0 Å². The topological polar surface area (TPSA) is 61.4 Å². The summed E-state index contributed by atoms with van der Waals surface area (Å²) in [5.41, 5.74) is 2.19. The zero-order valence-corrected chi connectivity index (χ0v) is 11.5. The molecule has 4 heteroatoms. The normalized spacial score (nSPS) is 12.2. The Kier molecular flexibility index (Phi) is 5.16. The lowest BCUT2D eigenvalue weighted by molar-refractivity contribution is -0.119. The Morgan fingerprint density at radius 1 is 1.39 bits per heavy atom. The molecule has 0 bridgehead atoms. The molecule has 0 aromatic heterocycles. The third-order valence-electron chi connectivity index (χ3n) is 3.04. The molecule has 0 radical (unpaired) electrons. The average Bonchev–Trinajstić information content (AvgIpc) is 2.36. The van der Waals surface area contributed by atoms with Crippen molar-refractivity contribution in [1.82, 2.24) is 5.32 Å². The highest BCUT2D eigenvalue weighted by Gasteiger charge is 2.14. The second kappa shape index (κ2) is 6.40. The third kappa shape index (κ3) is 3.47. The number of rotatable bonds is 5. The quantitative estimate of drug-likeness (QED) is 0.750. The molecule has 1 aromatic rings. The highest BCUT2D eigenvalue weighted by molar-refractivity contribution is 5.93. The second-order valence-corrected chi connectivity index (χ2v) is 4.60. The highest BCUT2D eigenvalue weighted by atomic mass is 16.3. The minimum atomic E-state index is -0.104. The van der Waals surface area contributed by atoms with Gasteiger partial charge in [0, 0.05) is 23.7 Å². The summed E-state index contributed by atoms with van der Waals surface area (Å²) in [6.07, 6.45) is 0. The highest BCUT2D eigenvalue weighted by Crippen LogP contribution is 2.28. The van der Waals surface area contributed by atoms with Crippen molar-refractivity contribution in [2.24, 2.45) is 5.92 Å². The molecule has 0 aliphatic carbocycles. The van der Waals surface area contributed by atoms with E-state index in [1.54, 1.807) is 13.0 Å². The molecule has 1 unspecified atom stereocenters. The Balaban J connectivity index is 2.73. The van der Waals surface area contributed by atoms with E-state index in [-0.39, 0.29) is 17.6 Å². The van der Waals surface area contributed by atoms with Crippen molar-refractivity contribution in [3.63, 3.8) is 0 Å². The van der Waals surface area contributed by atoms with Crippen LogP contribution in [0.15, 0.2) is 12.1 Å². The molecule has 1 rings (SSSR count). The molecule has 4 nitrogen and oxygen atoms in total. The average molecular weight is 250 g/mol. The molecule has 100 valence electrons. The fourth-order valence-electron chi connectivity index (χ4n) is 1.68. The van der Waals surface area contributed by atoms with Gasteiger partial charge in [-0.05, 0) is 32.0 Å². The van der Waals surface area contributed by atoms with E-state index >= 15 is 0 Å². The van der Waals surface area contributed by atoms with Gasteiger partial charge < -0.3 is 15.7 Å². The van der Waals surface area contributed by atoms with Crippen LogP contribution in [0, 0.1) is 19.8 Å². The number of amides is 1. The van der Waals surface area contributed by atoms with E-state index in [9.17, 15) is 9.90 Å². The Hall–Kier alpha value is -1.55. The smallest absolute Gasteiger partial charge is 0.228 e. The molecular weight excluding hydrogens is 228 g/mol. The zero-order chi connectivity index (χ0) is 13.7. The molecule has 3 N–H and O–H groups in total. The lowest BCUT2D eigenvalue weighted by atomic mass is 10.1. The van der Waals surface area contributed by atoms with Crippen molar-refractivity contribution in [2.45, 2.75) is 27.7 Å². The van der Waals surface area contributed by atoms with E-state index in [0.717, 1.165) is 12.1 Å². The maximum atomic E-state index is 11.9. The SMILES string of the molecule is CCNCC(C)C(=O)Nc1ccc(C)c(O)c1C. The van der Waals surface area contributed by atoms with Gasteiger partial charge in [0.1, 0.15) is 5.75 Å². The second-order valence-electron chi connectivity index (χ2n) is 4.60. The largest absolute Gasteiger partial charge is 0.507 e. The van der Waals surface area contributed by atoms with E-state index in [1.165, 1.54) is 0 Å². The summed E-state index contributed by atoms with van der Waals surface area (Å²) in [5.74, 6) is 0.0993. The van der Waals surface area contributed by atoms with Crippen molar-refractivity contribution in [3.8, 4) is 5.75 Å². The number of hydrogen-bond acceptors (Lipinski definition) is 3. The van der Waals surface area contributed by atoms with Crippen LogP contribution < -0.4 is 10.6 Å². The summed E-state index contributed by atoms with van der Waals surface area (Å²) >= 11 is 0. The van der Waals surface area contributed by atoms with Gasteiger partial charge in [0.2, 0.25) is 5.91 Å². The first-order valence-corrected chi connectivity index (χ1v) is 6.28. The number of hydrogen-bond donors (Lipinski definition) is 3. The molecule has 1 amide bonds. The van der Waals surface area contributed by atoms with Crippen LogP contribution in [0.5, 0.6) is 5.75 Å². The van der Waals surface area contributed by atoms with Crippen LogP contribution in [0.3, 0.4) is 0 Å². The first kappa shape index (κ1) is 14.5. The number of phenols is 1. The van der Waals surface area contributed by atoms with Gasteiger partial charge in [-0.25, -0.2) is 0 Å². The number of aromatic hydroxyl groups is 1. The standard InChI is InChI=1S/C14H22N2O2/c1-5-15-8-10(3)14(18)16-12-7-6-9(2)13(17)11(12)4/h6-7,10,15,17H,5,8H2,1-4H3,(H,16,18). The number of anilines is 1. The van der Waals surface area contributed by atoms with Crippen LogP contribution in [-0.4, -0.2) is 24.1 Å². The van der Waals surface area contributed by atoms with E-state index in [2.05, 4.69) is 10.6 Å². The maximum Gasteiger partial charge on any atom is 0.228 e. The number of nitrogens with one attached hydrogen (secondary N) is 2. The van der Waals surface area contributed by atoms with Crippen molar-refractivity contribution in [3.05, 3.63) is 23.3 Å². The Labute approximate surface area is 108 Å². The molecule has 0 aliphatic rings. The first-order valence-electron chi connectivity index (χ1n) is 6.28. The van der Waals surface area contributed by atoms with Crippen LogP contribution in [0.2, 0.25) is 0 Å². The minimum absolute atomic E-state index is 0.0395.